The number of hydrogen-bond donors (Lipinski definition) is 3. The van der Waals surface area contributed by atoms with Gasteiger partial charge in [0.05, 0.1) is 26.1 Å². The molecule has 1 unspecified atom stereocenters. The van der Waals surface area contributed by atoms with Crippen molar-refractivity contribution in [2.75, 3.05) is 25.3 Å². The quantitative estimate of drug-likeness (QED) is 0.181. The van der Waals surface area contributed by atoms with Gasteiger partial charge in [-0.3, -0.25) is 19.1 Å². The molecule has 4 N–H and O–H groups in total. The molecule has 12 nitrogen and oxygen atoms in total. The summed E-state index contributed by atoms with van der Waals surface area (Å²) in [6.45, 7) is 5.27. The molecule has 2 heterocycles. The summed E-state index contributed by atoms with van der Waals surface area (Å²) in [4.78, 5) is 34.8. The van der Waals surface area contributed by atoms with Crippen LogP contribution < -0.4 is 16.4 Å². The van der Waals surface area contributed by atoms with Gasteiger partial charge < -0.3 is 24.3 Å². The first-order valence-electron chi connectivity index (χ1n) is 10.8. The molecule has 0 aliphatic carbocycles. The predicted octanol–water partition coefficient (Wildman–Crippen LogP) is 2.67. The van der Waals surface area contributed by atoms with Gasteiger partial charge in [-0.05, 0) is 38.5 Å². The van der Waals surface area contributed by atoms with Crippen molar-refractivity contribution < 1.29 is 23.4 Å². The van der Waals surface area contributed by atoms with Crippen LogP contribution in [0.25, 0.3) is 11.2 Å². The lowest BCUT2D eigenvalue weighted by Crippen LogP contribution is -2.46. The average Bonchev–Trinajstić information content (AvgIpc) is 3.18. The monoisotopic (exact) mass is 526 g/mol. The standard InChI is InChI=1S/C21H28ClN6O6P/c1-4-33-19(30)21(2,3)27-35(31,34-11-14-6-5-7-15(22)10-14)13-32-9-8-28-12-24-16-17(28)25-20(23)26-18(16)29/h5-7,10,12H,4,8-9,11,13H2,1-3H3,(H,27,31)(H3,23,25,26,29). The van der Waals surface area contributed by atoms with Gasteiger partial charge in [-0.1, -0.05) is 23.7 Å². The highest BCUT2D eigenvalue weighted by Crippen LogP contribution is 2.45. The molecule has 3 aromatic rings. The largest absolute Gasteiger partial charge is 0.465 e. The third-order valence-corrected chi connectivity index (χ3v) is 7.00. The van der Waals surface area contributed by atoms with Crippen LogP contribution in [0.2, 0.25) is 5.02 Å². The molecule has 0 aliphatic heterocycles. The Labute approximate surface area is 206 Å². The van der Waals surface area contributed by atoms with Crippen molar-refractivity contribution in [2.24, 2.45) is 0 Å². The Balaban J connectivity index is 1.69. The molecule has 2 aromatic heterocycles. The number of rotatable bonds is 12. The van der Waals surface area contributed by atoms with Crippen molar-refractivity contribution in [2.45, 2.75) is 39.5 Å². The van der Waals surface area contributed by atoms with Crippen LogP contribution in [0.3, 0.4) is 0 Å². The second kappa shape index (κ2) is 11.3. The molecule has 0 saturated heterocycles. The van der Waals surface area contributed by atoms with Gasteiger partial charge in [0.15, 0.2) is 11.2 Å². The number of hydrogen-bond acceptors (Lipinski definition) is 9. The fourth-order valence-electron chi connectivity index (χ4n) is 3.17. The van der Waals surface area contributed by atoms with Gasteiger partial charge in [0.2, 0.25) is 5.95 Å². The second-order valence-electron chi connectivity index (χ2n) is 8.13. The summed E-state index contributed by atoms with van der Waals surface area (Å²) in [5.41, 5.74) is 5.02. The molecule has 0 saturated carbocycles. The lowest BCUT2D eigenvalue weighted by molar-refractivity contribution is -0.149. The summed E-state index contributed by atoms with van der Waals surface area (Å²) < 4.78 is 31.7. The number of anilines is 1. The number of halogens is 1. The topological polar surface area (TPSA) is 163 Å². The third-order valence-electron chi connectivity index (χ3n) is 4.80. The van der Waals surface area contributed by atoms with E-state index in [2.05, 4.69) is 20.0 Å². The summed E-state index contributed by atoms with van der Waals surface area (Å²) in [7, 11) is -3.70. The van der Waals surface area contributed by atoms with Gasteiger partial charge in [-0.25, -0.2) is 10.1 Å². The van der Waals surface area contributed by atoms with E-state index in [4.69, 9.17) is 31.3 Å². The molecule has 0 bridgehead atoms. The fraction of sp³-hybridized carbons (Fsp3) is 0.429. The molecule has 0 aliphatic rings. The number of ether oxygens (including phenoxy) is 2. The van der Waals surface area contributed by atoms with E-state index in [-0.39, 0.29) is 44.2 Å². The van der Waals surface area contributed by atoms with E-state index in [0.717, 1.165) is 0 Å². The van der Waals surface area contributed by atoms with Crippen molar-refractivity contribution in [3.05, 3.63) is 51.5 Å². The molecule has 1 atom stereocenters. The number of nitrogen functional groups attached to an aromatic ring is 1. The number of imidazole rings is 1. The maximum absolute atomic E-state index is 13.7. The van der Waals surface area contributed by atoms with Gasteiger partial charge in [-0.15, -0.1) is 0 Å². The van der Waals surface area contributed by atoms with E-state index in [9.17, 15) is 14.2 Å². The number of esters is 1. The Morgan fingerprint density at radius 1 is 1.37 bits per heavy atom. The van der Waals surface area contributed by atoms with Gasteiger partial charge >= 0.3 is 5.97 Å². The van der Waals surface area contributed by atoms with Crippen molar-refractivity contribution in [1.29, 1.82) is 0 Å². The molecular weight excluding hydrogens is 499 g/mol. The normalized spacial score (nSPS) is 13.6. The molecule has 14 heteroatoms. The highest BCUT2D eigenvalue weighted by Gasteiger charge is 2.38. The summed E-state index contributed by atoms with van der Waals surface area (Å²) in [5, 5.41) is 3.30. The Bertz CT molecular complexity index is 1290. The third kappa shape index (κ3) is 7.12. The Morgan fingerprint density at radius 2 is 2.14 bits per heavy atom. The predicted molar refractivity (Wildman–Crippen MR) is 131 cm³/mol. The summed E-state index contributed by atoms with van der Waals surface area (Å²) in [6, 6.07) is 6.93. The number of nitrogens with one attached hydrogen (secondary N) is 2. The Morgan fingerprint density at radius 3 is 2.86 bits per heavy atom. The Hall–Kier alpha value is -2.76. The van der Waals surface area contributed by atoms with E-state index in [1.807, 2.05) is 0 Å². The van der Waals surface area contributed by atoms with Crippen LogP contribution in [0, 0.1) is 0 Å². The summed E-state index contributed by atoms with van der Waals surface area (Å²) in [6.07, 6.45) is 1.10. The minimum Gasteiger partial charge on any atom is -0.465 e. The zero-order chi connectivity index (χ0) is 25.6. The van der Waals surface area contributed by atoms with Crippen LogP contribution in [0.15, 0.2) is 35.4 Å². The number of nitrogens with two attached hydrogens (primary N) is 1. The zero-order valence-electron chi connectivity index (χ0n) is 19.6. The zero-order valence-corrected chi connectivity index (χ0v) is 21.3. The van der Waals surface area contributed by atoms with Crippen LogP contribution in [-0.2, 0) is 36.5 Å². The van der Waals surface area contributed by atoms with Crippen molar-refractivity contribution in [1.82, 2.24) is 24.6 Å². The van der Waals surface area contributed by atoms with Gasteiger partial charge in [0.25, 0.3) is 13.1 Å². The van der Waals surface area contributed by atoms with Gasteiger partial charge in [0.1, 0.15) is 11.9 Å². The molecule has 190 valence electrons. The van der Waals surface area contributed by atoms with Crippen molar-refractivity contribution in [3.8, 4) is 0 Å². The molecule has 0 radical (unpaired) electrons. The van der Waals surface area contributed by atoms with E-state index in [1.165, 1.54) is 6.33 Å². The highest BCUT2D eigenvalue weighted by atomic mass is 35.5. The first-order valence-corrected chi connectivity index (χ1v) is 12.9. The second-order valence-corrected chi connectivity index (χ2v) is 10.7. The molecule has 35 heavy (non-hydrogen) atoms. The lowest BCUT2D eigenvalue weighted by atomic mass is 10.1. The number of nitrogens with zero attached hydrogens (tertiary/aromatic N) is 3. The fourth-order valence-corrected chi connectivity index (χ4v) is 5.26. The number of benzene rings is 1. The summed E-state index contributed by atoms with van der Waals surface area (Å²) in [5.74, 6) is -0.611. The minimum absolute atomic E-state index is 0.0226. The number of carbonyl (C=O) groups excluding carboxylic acids is 1. The number of aromatic nitrogens is 4. The van der Waals surface area contributed by atoms with Gasteiger partial charge in [-0.2, -0.15) is 4.98 Å². The molecule has 3 rings (SSSR count). The van der Waals surface area contributed by atoms with E-state index < -0.39 is 24.6 Å². The molecule has 1 aromatic carbocycles. The molecule has 0 amide bonds. The van der Waals surface area contributed by atoms with Crippen LogP contribution in [-0.4, -0.2) is 50.6 Å². The van der Waals surface area contributed by atoms with Crippen LogP contribution in [0.4, 0.5) is 5.95 Å². The van der Waals surface area contributed by atoms with E-state index in [1.54, 1.807) is 49.6 Å². The number of H-pyrrole nitrogens is 1. The van der Waals surface area contributed by atoms with Crippen LogP contribution >= 0.6 is 19.1 Å². The molecular formula is C21H28ClN6O6P. The first kappa shape index (κ1) is 26.8. The minimum atomic E-state index is -3.70. The SMILES string of the molecule is CCOC(=O)C(C)(C)NP(=O)(COCCn1cnc2c(=O)[nH]c(N)nc21)OCc1cccc(Cl)c1. The maximum Gasteiger partial charge on any atom is 0.326 e. The van der Waals surface area contributed by atoms with Crippen LogP contribution in [0.1, 0.15) is 26.3 Å². The maximum atomic E-state index is 13.7. The van der Waals surface area contributed by atoms with Crippen molar-refractivity contribution >= 4 is 42.2 Å². The summed E-state index contributed by atoms with van der Waals surface area (Å²) >= 11 is 6.02. The van der Waals surface area contributed by atoms with E-state index in [0.29, 0.717) is 16.2 Å². The Kier molecular flexibility index (Phi) is 8.68. The van der Waals surface area contributed by atoms with Crippen LogP contribution in [0.5, 0.6) is 0 Å². The smallest absolute Gasteiger partial charge is 0.326 e. The average molecular weight is 527 g/mol. The number of fused-ring (bicyclic) bond motifs is 1. The van der Waals surface area contributed by atoms with Gasteiger partial charge in [0, 0.05) is 11.6 Å². The number of aromatic amines is 1. The first-order chi connectivity index (χ1) is 16.5. The van der Waals surface area contributed by atoms with Crippen molar-refractivity contribution in [3.63, 3.8) is 0 Å². The molecule has 0 fully saturated rings. The highest BCUT2D eigenvalue weighted by molar-refractivity contribution is 7.56. The van der Waals surface area contributed by atoms with E-state index >= 15 is 0 Å². The lowest BCUT2D eigenvalue weighted by Gasteiger charge is -2.29. The molecule has 0 spiro atoms. The number of carbonyl (C=O) groups is 1.